The van der Waals surface area contributed by atoms with E-state index in [1.54, 1.807) is 25.5 Å². The molecule has 5 nitrogen and oxygen atoms in total. The lowest BCUT2D eigenvalue weighted by molar-refractivity contribution is 0.102. The summed E-state index contributed by atoms with van der Waals surface area (Å²) < 4.78 is 13.5. The van der Waals surface area contributed by atoms with Crippen LogP contribution in [0.3, 0.4) is 0 Å². The van der Waals surface area contributed by atoms with E-state index in [9.17, 15) is 4.79 Å². The number of rotatable bonds is 3. The normalized spacial score (nSPS) is 12.6. The molecule has 0 unspecified atom stereocenters. The number of amides is 1. The van der Waals surface area contributed by atoms with Crippen molar-refractivity contribution >= 4 is 68.7 Å². The van der Waals surface area contributed by atoms with Gasteiger partial charge in [0, 0.05) is 15.3 Å². The zero-order valence-electron chi connectivity index (χ0n) is 14.7. The Bertz CT molecular complexity index is 1110. The molecule has 0 bridgehead atoms. The number of carbonyl (C=O) groups excluding carboxylic acids is 1. The Morgan fingerprint density at radius 1 is 1.07 bits per heavy atom. The van der Waals surface area contributed by atoms with Gasteiger partial charge >= 0.3 is 0 Å². The largest absolute Gasteiger partial charge is 0.495 e. The van der Waals surface area contributed by atoms with Crippen molar-refractivity contribution in [3.8, 4) is 17.2 Å². The van der Waals surface area contributed by atoms with Crippen molar-refractivity contribution in [1.82, 2.24) is 0 Å². The van der Waals surface area contributed by atoms with Crippen LogP contribution < -0.4 is 14.8 Å². The summed E-state index contributed by atoms with van der Waals surface area (Å²) in [5, 5.41) is 2.87. The van der Waals surface area contributed by atoms with Crippen molar-refractivity contribution in [2.24, 2.45) is 4.99 Å². The molecule has 0 atom stereocenters. The topological polar surface area (TPSA) is 59.9 Å². The van der Waals surface area contributed by atoms with Crippen LogP contribution in [0.1, 0.15) is 15.9 Å². The number of anilines is 1. The molecule has 140 valence electrons. The van der Waals surface area contributed by atoms with Crippen molar-refractivity contribution in [2.75, 3.05) is 12.4 Å². The van der Waals surface area contributed by atoms with Crippen LogP contribution in [0.5, 0.6) is 17.2 Å². The van der Waals surface area contributed by atoms with Gasteiger partial charge < -0.3 is 14.8 Å². The molecular weight excluding hydrogens is 582 g/mol. The highest BCUT2D eigenvalue weighted by molar-refractivity contribution is 14.1. The van der Waals surface area contributed by atoms with Gasteiger partial charge in [0.15, 0.2) is 5.75 Å². The molecule has 1 amide bonds. The third-order valence-corrected chi connectivity index (χ3v) is 5.58. The minimum atomic E-state index is -0.224. The first-order chi connectivity index (χ1) is 13.5. The van der Waals surface area contributed by atoms with Gasteiger partial charge in [-0.2, -0.15) is 0 Å². The summed E-state index contributed by atoms with van der Waals surface area (Å²) in [6.45, 7) is 0. The highest BCUT2D eigenvalue weighted by atomic mass is 127. The fraction of sp³-hybridized carbons (Fsp3) is 0.0476. The Morgan fingerprint density at radius 2 is 1.89 bits per heavy atom. The molecule has 3 aromatic carbocycles. The number of fused-ring (bicyclic) bond motifs is 2. The van der Waals surface area contributed by atoms with Gasteiger partial charge in [0.05, 0.1) is 27.6 Å². The predicted octanol–water partition coefficient (Wildman–Crippen LogP) is 6.01. The second-order valence-corrected chi connectivity index (χ2v) is 8.41. The number of ether oxygens (including phenoxy) is 2. The number of nitrogens with zero attached hydrogens (tertiary/aromatic N) is 1. The Labute approximate surface area is 189 Å². The van der Waals surface area contributed by atoms with E-state index in [-0.39, 0.29) is 5.91 Å². The number of methoxy groups -OCH3 is 1. The Hall–Kier alpha value is -2.14. The van der Waals surface area contributed by atoms with E-state index in [1.165, 1.54) is 0 Å². The van der Waals surface area contributed by atoms with Crippen LogP contribution in [0.15, 0.2) is 59.6 Å². The molecule has 1 N–H and O–H groups in total. The first-order valence-electron chi connectivity index (χ1n) is 8.34. The molecule has 3 aromatic rings. The van der Waals surface area contributed by atoms with Crippen molar-refractivity contribution in [3.63, 3.8) is 0 Å². The monoisotopic (exact) mass is 596 g/mol. The molecule has 0 saturated carbocycles. The zero-order valence-corrected chi connectivity index (χ0v) is 19.0. The Kier molecular flexibility index (Phi) is 5.54. The standard InChI is InChI=1S/C21H14I2N2O3/c1-27-20-12(8-13(22)9-16(20)23)11-24-14-6-7-18-15(10-14)21(26)25-17-4-2-3-5-19(17)28-18/h2-11H,1H3,(H,25,26). The molecule has 0 saturated heterocycles. The lowest BCUT2D eigenvalue weighted by Crippen LogP contribution is -2.10. The van der Waals surface area contributed by atoms with E-state index in [0.29, 0.717) is 28.4 Å². The van der Waals surface area contributed by atoms with Crippen LogP contribution >= 0.6 is 45.2 Å². The van der Waals surface area contributed by atoms with Gasteiger partial charge in [0.25, 0.3) is 5.91 Å². The number of nitrogens with one attached hydrogen (secondary N) is 1. The molecule has 7 heteroatoms. The highest BCUT2D eigenvalue weighted by Crippen LogP contribution is 2.37. The summed E-state index contributed by atoms with van der Waals surface area (Å²) in [4.78, 5) is 17.2. The summed E-state index contributed by atoms with van der Waals surface area (Å²) in [6, 6.07) is 16.7. The average Bonchev–Trinajstić information content (AvgIpc) is 2.81. The lowest BCUT2D eigenvalue weighted by Gasteiger charge is -2.08. The van der Waals surface area contributed by atoms with Crippen molar-refractivity contribution < 1.29 is 14.3 Å². The minimum Gasteiger partial charge on any atom is -0.495 e. The maximum atomic E-state index is 12.6. The summed E-state index contributed by atoms with van der Waals surface area (Å²) in [6.07, 6.45) is 1.75. The van der Waals surface area contributed by atoms with Gasteiger partial charge in [-0.15, -0.1) is 0 Å². The third kappa shape index (κ3) is 3.86. The molecule has 1 aliphatic heterocycles. The molecule has 1 heterocycles. The van der Waals surface area contributed by atoms with Crippen LogP contribution in [0, 0.1) is 7.14 Å². The van der Waals surface area contributed by atoms with Crippen LogP contribution in [0.25, 0.3) is 0 Å². The van der Waals surface area contributed by atoms with Gasteiger partial charge in [-0.1, -0.05) is 12.1 Å². The lowest BCUT2D eigenvalue weighted by atomic mass is 10.1. The van der Waals surface area contributed by atoms with E-state index in [2.05, 4.69) is 55.5 Å². The Balaban J connectivity index is 1.68. The number of para-hydroxylation sites is 2. The minimum absolute atomic E-state index is 0.224. The van der Waals surface area contributed by atoms with Gasteiger partial charge in [-0.05, 0) is 87.6 Å². The quantitative estimate of drug-likeness (QED) is 0.298. The van der Waals surface area contributed by atoms with Crippen LogP contribution in [-0.4, -0.2) is 19.2 Å². The number of halogens is 2. The zero-order chi connectivity index (χ0) is 19.7. The molecule has 0 radical (unpaired) electrons. The van der Waals surface area contributed by atoms with Gasteiger partial charge in [0.1, 0.15) is 11.5 Å². The second-order valence-electron chi connectivity index (χ2n) is 6.00. The maximum absolute atomic E-state index is 12.6. The fourth-order valence-corrected chi connectivity index (χ4v) is 4.98. The van der Waals surface area contributed by atoms with Crippen molar-refractivity contribution in [1.29, 1.82) is 0 Å². The molecule has 4 rings (SSSR count). The predicted molar refractivity (Wildman–Crippen MR) is 127 cm³/mol. The molecule has 28 heavy (non-hydrogen) atoms. The van der Waals surface area contributed by atoms with Crippen molar-refractivity contribution in [3.05, 3.63) is 72.9 Å². The molecule has 1 aliphatic rings. The smallest absolute Gasteiger partial charge is 0.259 e. The first kappa shape index (κ1) is 19.2. The van der Waals surface area contributed by atoms with Crippen LogP contribution in [0.2, 0.25) is 0 Å². The van der Waals surface area contributed by atoms with E-state index >= 15 is 0 Å². The van der Waals surface area contributed by atoms with E-state index < -0.39 is 0 Å². The molecule has 0 aliphatic carbocycles. The number of aliphatic imine (C=N–C) groups is 1. The number of hydrogen-bond acceptors (Lipinski definition) is 4. The maximum Gasteiger partial charge on any atom is 0.259 e. The van der Waals surface area contributed by atoms with E-state index in [0.717, 1.165) is 18.5 Å². The van der Waals surface area contributed by atoms with Crippen LogP contribution in [-0.2, 0) is 0 Å². The molecule has 0 fully saturated rings. The first-order valence-corrected chi connectivity index (χ1v) is 10.5. The van der Waals surface area contributed by atoms with Gasteiger partial charge in [-0.3, -0.25) is 9.79 Å². The summed E-state index contributed by atoms with van der Waals surface area (Å²) >= 11 is 4.50. The van der Waals surface area contributed by atoms with E-state index in [1.807, 2.05) is 42.5 Å². The number of carbonyl (C=O) groups is 1. The number of hydrogen-bond donors (Lipinski definition) is 1. The fourth-order valence-electron chi connectivity index (χ4n) is 2.87. The second kappa shape index (κ2) is 8.08. The third-order valence-electron chi connectivity index (χ3n) is 4.16. The average molecular weight is 596 g/mol. The van der Waals surface area contributed by atoms with Crippen LogP contribution in [0.4, 0.5) is 11.4 Å². The van der Waals surface area contributed by atoms with Gasteiger partial charge in [-0.25, -0.2) is 0 Å². The highest BCUT2D eigenvalue weighted by Gasteiger charge is 2.20. The SMILES string of the molecule is COc1c(I)cc(I)cc1C=Nc1ccc2c(c1)C(=O)Nc1ccccc1O2. The summed E-state index contributed by atoms with van der Waals surface area (Å²) in [5.74, 6) is 1.67. The molecular formula is C21H14I2N2O3. The number of benzene rings is 3. The van der Waals surface area contributed by atoms with E-state index in [4.69, 9.17) is 9.47 Å². The molecule has 0 aromatic heterocycles. The summed E-state index contributed by atoms with van der Waals surface area (Å²) in [7, 11) is 1.64. The summed E-state index contributed by atoms with van der Waals surface area (Å²) in [5.41, 5.74) is 2.61. The van der Waals surface area contributed by atoms with Gasteiger partial charge in [0.2, 0.25) is 0 Å². The molecule has 0 spiro atoms. The Morgan fingerprint density at radius 3 is 2.71 bits per heavy atom. The van der Waals surface area contributed by atoms with Crippen molar-refractivity contribution in [2.45, 2.75) is 0 Å².